The fraction of sp³-hybridized carbons (Fsp3) is 0.200. The molecule has 16 heavy (non-hydrogen) atoms. The molecule has 0 saturated heterocycles. The molecule has 0 saturated carbocycles. The molecular formula is C10H6ClF4N. The van der Waals surface area contributed by atoms with Gasteiger partial charge in [-0.1, -0.05) is 11.8 Å². The third-order valence-corrected chi connectivity index (χ3v) is 1.87. The van der Waals surface area contributed by atoms with E-state index in [4.69, 9.17) is 17.3 Å². The third-order valence-electron chi connectivity index (χ3n) is 1.73. The Morgan fingerprint density at radius 1 is 1.31 bits per heavy atom. The quantitative estimate of drug-likeness (QED) is 0.326. The van der Waals surface area contributed by atoms with E-state index in [1.807, 2.05) is 0 Å². The van der Waals surface area contributed by atoms with Crippen LogP contribution in [0.15, 0.2) is 12.1 Å². The summed E-state index contributed by atoms with van der Waals surface area (Å²) in [7, 11) is 0. The normalized spacial score (nSPS) is 10.8. The highest BCUT2D eigenvalue weighted by Gasteiger charge is 2.33. The molecule has 1 nitrogen and oxygen atoms in total. The number of rotatable bonds is 0. The highest BCUT2D eigenvalue weighted by Crippen LogP contribution is 2.33. The van der Waals surface area contributed by atoms with E-state index >= 15 is 0 Å². The van der Waals surface area contributed by atoms with Crippen molar-refractivity contribution >= 4 is 17.3 Å². The molecular weight excluding hydrogens is 246 g/mol. The van der Waals surface area contributed by atoms with Gasteiger partial charge in [0, 0.05) is 5.56 Å². The van der Waals surface area contributed by atoms with E-state index in [-0.39, 0.29) is 5.88 Å². The van der Waals surface area contributed by atoms with Gasteiger partial charge in [-0.05, 0) is 12.1 Å². The summed E-state index contributed by atoms with van der Waals surface area (Å²) < 4.78 is 50.5. The highest BCUT2D eigenvalue weighted by atomic mass is 35.5. The molecule has 86 valence electrons. The minimum atomic E-state index is -4.63. The van der Waals surface area contributed by atoms with E-state index in [1.165, 1.54) is 0 Å². The fourth-order valence-corrected chi connectivity index (χ4v) is 1.12. The van der Waals surface area contributed by atoms with Crippen molar-refractivity contribution in [3.63, 3.8) is 0 Å². The van der Waals surface area contributed by atoms with E-state index in [0.717, 1.165) is 0 Å². The topological polar surface area (TPSA) is 26.0 Å². The van der Waals surface area contributed by atoms with E-state index < -0.39 is 28.8 Å². The Morgan fingerprint density at radius 2 is 1.94 bits per heavy atom. The lowest BCUT2D eigenvalue weighted by atomic mass is 10.1. The molecule has 0 bridgehead atoms. The molecule has 0 aliphatic heterocycles. The number of hydrogen-bond donors (Lipinski definition) is 1. The molecule has 0 aromatic heterocycles. The summed E-state index contributed by atoms with van der Waals surface area (Å²) in [6, 6.07) is 1.17. The Hall–Kier alpha value is -1.41. The minimum Gasteiger partial charge on any atom is -0.396 e. The van der Waals surface area contributed by atoms with Crippen molar-refractivity contribution in [3.05, 3.63) is 29.1 Å². The standard InChI is InChI=1S/C10H6ClF4N/c11-3-1-2-6-4-8(12)9(16)5-7(6)10(13,14)15/h4-5H,3,16H2. The molecule has 0 radical (unpaired) electrons. The molecule has 0 amide bonds. The third kappa shape index (κ3) is 2.80. The van der Waals surface area contributed by atoms with Gasteiger partial charge < -0.3 is 5.73 Å². The summed E-state index contributed by atoms with van der Waals surface area (Å²) in [6.45, 7) is 0. The summed E-state index contributed by atoms with van der Waals surface area (Å²) in [5, 5.41) is 0. The van der Waals surface area contributed by atoms with Crippen molar-refractivity contribution in [2.45, 2.75) is 6.18 Å². The number of alkyl halides is 4. The van der Waals surface area contributed by atoms with Gasteiger partial charge in [-0.15, -0.1) is 11.6 Å². The van der Waals surface area contributed by atoms with Crippen LogP contribution >= 0.6 is 11.6 Å². The Morgan fingerprint density at radius 3 is 2.44 bits per heavy atom. The highest BCUT2D eigenvalue weighted by molar-refractivity contribution is 6.19. The minimum absolute atomic E-state index is 0.136. The molecule has 0 unspecified atom stereocenters. The number of hydrogen-bond acceptors (Lipinski definition) is 1. The predicted molar refractivity (Wildman–Crippen MR) is 53.4 cm³/mol. The Kier molecular flexibility index (Phi) is 3.66. The second-order valence-electron chi connectivity index (χ2n) is 2.85. The maximum absolute atomic E-state index is 13.0. The number of benzene rings is 1. The molecule has 1 rings (SSSR count). The van der Waals surface area contributed by atoms with Crippen molar-refractivity contribution in [2.24, 2.45) is 0 Å². The van der Waals surface area contributed by atoms with Crippen molar-refractivity contribution in [2.75, 3.05) is 11.6 Å². The summed E-state index contributed by atoms with van der Waals surface area (Å²) in [6.07, 6.45) is -4.63. The van der Waals surface area contributed by atoms with E-state index in [2.05, 4.69) is 11.8 Å². The smallest absolute Gasteiger partial charge is 0.396 e. The molecule has 6 heteroatoms. The van der Waals surface area contributed by atoms with Crippen LogP contribution in [-0.2, 0) is 6.18 Å². The largest absolute Gasteiger partial charge is 0.417 e. The first-order chi connectivity index (χ1) is 7.36. The Labute approximate surface area is 94.2 Å². The lowest BCUT2D eigenvalue weighted by Gasteiger charge is -2.10. The van der Waals surface area contributed by atoms with Crippen LogP contribution < -0.4 is 5.73 Å². The molecule has 0 atom stereocenters. The van der Waals surface area contributed by atoms with Gasteiger partial charge in [0.25, 0.3) is 0 Å². The summed E-state index contributed by atoms with van der Waals surface area (Å²) in [5.41, 5.74) is 2.96. The van der Waals surface area contributed by atoms with Crippen molar-refractivity contribution in [3.8, 4) is 11.8 Å². The van der Waals surface area contributed by atoms with Gasteiger partial charge in [-0.3, -0.25) is 0 Å². The summed E-state index contributed by atoms with van der Waals surface area (Å²) in [4.78, 5) is 0. The van der Waals surface area contributed by atoms with E-state index in [1.54, 1.807) is 0 Å². The first kappa shape index (κ1) is 12.7. The first-order valence-electron chi connectivity index (χ1n) is 4.07. The first-order valence-corrected chi connectivity index (χ1v) is 4.60. The Balaban J connectivity index is 3.39. The van der Waals surface area contributed by atoms with Gasteiger partial charge >= 0.3 is 6.18 Å². The lowest BCUT2D eigenvalue weighted by Crippen LogP contribution is -2.09. The van der Waals surface area contributed by atoms with Crippen LogP contribution in [0.3, 0.4) is 0 Å². The van der Waals surface area contributed by atoms with Gasteiger partial charge in [0.1, 0.15) is 5.82 Å². The summed E-state index contributed by atoms with van der Waals surface area (Å²) >= 11 is 5.22. The van der Waals surface area contributed by atoms with Crippen LogP contribution in [0.1, 0.15) is 11.1 Å². The number of nitrogen functional groups attached to an aromatic ring is 1. The lowest BCUT2D eigenvalue weighted by molar-refractivity contribution is -0.137. The van der Waals surface area contributed by atoms with Crippen LogP contribution in [0.25, 0.3) is 0 Å². The van der Waals surface area contributed by atoms with Gasteiger partial charge in [-0.2, -0.15) is 13.2 Å². The van der Waals surface area contributed by atoms with E-state index in [9.17, 15) is 17.6 Å². The van der Waals surface area contributed by atoms with E-state index in [0.29, 0.717) is 12.1 Å². The van der Waals surface area contributed by atoms with Crippen molar-refractivity contribution < 1.29 is 17.6 Å². The number of nitrogens with two attached hydrogens (primary N) is 1. The summed E-state index contributed by atoms with van der Waals surface area (Å²) in [5.74, 6) is 3.30. The van der Waals surface area contributed by atoms with Gasteiger partial charge in [0.05, 0.1) is 17.1 Å². The number of halogens is 5. The van der Waals surface area contributed by atoms with Crippen LogP contribution in [0.5, 0.6) is 0 Å². The zero-order chi connectivity index (χ0) is 12.3. The maximum atomic E-state index is 13.0. The Bertz CT molecular complexity index is 456. The molecule has 0 heterocycles. The van der Waals surface area contributed by atoms with Crippen molar-refractivity contribution in [1.82, 2.24) is 0 Å². The zero-order valence-electron chi connectivity index (χ0n) is 7.83. The second-order valence-corrected chi connectivity index (χ2v) is 3.12. The van der Waals surface area contributed by atoms with Crippen LogP contribution in [-0.4, -0.2) is 5.88 Å². The molecule has 0 fully saturated rings. The van der Waals surface area contributed by atoms with Gasteiger partial charge in [0.2, 0.25) is 0 Å². The van der Waals surface area contributed by atoms with Crippen LogP contribution in [0.2, 0.25) is 0 Å². The molecule has 1 aromatic rings. The monoisotopic (exact) mass is 251 g/mol. The van der Waals surface area contributed by atoms with Crippen molar-refractivity contribution in [1.29, 1.82) is 0 Å². The molecule has 0 aliphatic rings. The predicted octanol–water partition coefficient (Wildman–Crippen LogP) is 3.02. The average Bonchev–Trinajstić information content (AvgIpc) is 2.17. The maximum Gasteiger partial charge on any atom is 0.417 e. The second kappa shape index (κ2) is 4.62. The molecule has 2 N–H and O–H groups in total. The SMILES string of the molecule is Nc1cc(C(F)(F)F)c(C#CCCl)cc1F. The number of anilines is 1. The average molecular weight is 252 g/mol. The van der Waals surface area contributed by atoms with Gasteiger partial charge in [-0.25, -0.2) is 4.39 Å². The molecule has 0 spiro atoms. The zero-order valence-corrected chi connectivity index (χ0v) is 8.58. The van der Waals surface area contributed by atoms with Crippen LogP contribution in [0, 0.1) is 17.7 Å². The van der Waals surface area contributed by atoms with Crippen LogP contribution in [0.4, 0.5) is 23.2 Å². The fourth-order valence-electron chi connectivity index (χ4n) is 1.06. The molecule has 1 aromatic carbocycles. The molecule has 0 aliphatic carbocycles. The van der Waals surface area contributed by atoms with Gasteiger partial charge in [0.15, 0.2) is 0 Å².